The maximum atomic E-state index is 13.3. The number of rotatable bonds is 6. The third-order valence-electron chi connectivity index (χ3n) is 5.22. The molecule has 0 atom stereocenters. The molecule has 3 rings (SSSR count). The van der Waals surface area contributed by atoms with Crippen molar-refractivity contribution in [1.29, 1.82) is 0 Å². The van der Waals surface area contributed by atoms with E-state index in [4.69, 9.17) is 11.6 Å². The van der Waals surface area contributed by atoms with E-state index in [1.807, 2.05) is 19.1 Å². The molecule has 186 valence electrons. The lowest BCUT2D eigenvalue weighted by Crippen LogP contribution is -2.33. The Balaban J connectivity index is 2.04. The molecule has 1 amide bonds. The minimum atomic E-state index is -5.03. The first kappa shape index (κ1) is 26.5. The summed E-state index contributed by atoms with van der Waals surface area (Å²) in [5.41, 5.74) is -0.825. The summed E-state index contributed by atoms with van der Waals surface area (Å²) >= 11 is 6.27. The molecule has 1 aromatic heterocycles. The summed E-state index contributed by atoms with van der Waals surface area (Å²) in [7, 11) is 0. The lowest BCUT2D eigenvalue weighted by atomic mass is 9.99. The Morgan fingerprint density at radius 2 is 1.51 bits per heavy atom. The zero-order chi connectivity index (χ0) is 26.0. The van der Waals surface area contributed by atoms with Crippen molar-refractivity contribution >= 4 is 17.5 Å². The number of aryl methyl sites for hydroxylation is 1. The van der Waals surface area contributed by atoms with Crippen molar-refractivity contribution in [2.45, 2.75) is 32.4 Å². The van der Waals surface area contributed by atoms with E-state index in [2.05, 4.69) is 4.98 Å². The summed E-state index contributed by atoms with van der Waals surface area (Å²) < 4.78 is 79.5. The lowest BCUT2D eigenvalue weighted by molar-refractivity contribution is -0.143. The van der Waals surface area contributed by atoms with Crippen molar-refractivity contribution in [3.63, 3.8) is 0 Å². The van der Waals surface area contributed by atoms with Gasteiger partial charge < -0.3 is 10.0 Å². The van der Waals surface area contributed by atoms with Gasteiger partial charge in [0.2, 0.25) is 5.91 Å². The minimum Gasteiger partial charge on any atom is -0.387 e. The average molecular weight is 517 g/mol. The lowest BCUT2D eigenvalue weighted by Gasteiger charge is -2.25. The summed E-state index contributed by atoms with van der Waals surface area (Å²) in [6, 6.07) is 9.99. The Labute approximate surface area is 201 Å². The summed E-state index contributed by atoms with van der Waals surface area (Å²) in [6.45, 7) is -0.0726. The van der Waals surface area contributed by atoms with Gasteiger partial charge in [0.15, 0.2) is 0 Å². The molecule has 1 heterocycles. The largest absolute Gasteiger partial charge is 0.416 e. The number of aliphatic hydroxyl groups excluding tert-OH is 1. The maximum Gasteiger partial charge on any atom is 0.416 e. The number of alkyl halides is 6. The highest BCUT2D eigenvalue weighted by Crippen LogP contribution is 2.37. The second-order valence-electron chi connectivity index (χ2n) is 7.82. The predicted molar refractivity (Wildman–Crippen MR) is 117 cm³/mol. The Morgan fingerprint density at radius 3 is 2.03 bits per heavy atom. The van der Waals surface area contributed by atoms with E-state index in [9.17, 15) is 36.2 Å². The zero-order valence-electron chi connectivity index (χ0n) is 18.2. The van der Waals surface area contributed by atoms with E-state index in [1.165, 1.54) is 6.20 Å². The SMILES string of the molecule is Cc1ccc(-c2ccnc(Cl)c2CN(Cc2cc(C(F)(F)F)cc(C(F)(F)F)c2)C(=O)CO)cc1. The molecule has 0 saturated heterocycles. The van der Waals surface area contributed by atoms with Crippen molar-refractivity contribution in [2.24, 2.45) is 0 Å². The third-order valence-corrected chi connectivity index (χ3v) is 5.55. The second-order valence-corrected chi connectivity index (χ2v) is 8.17. The van der Waals surface area contributed by atoms with E-state index in [1.54, 1.807) is 18.2 Å². The standard InChI is InChI=1S/C24H19ClF6N2O2/c1-14-2-4-16(5-3-14)19-6-7-32-22(25)20(19)12-33(21(35)13-34)11-15-8-17(23(26,27)28)10-18(9-15)24(29,30)31/h2-10,34H,11-13H2,1H3. The molecule has 0 bridgehead atoms. The van der Waals surface area contributed by atoms with E-state index in [0.29, 0.717) is 28.8 Å². The fraction of sp³-hybridized carbons (Fsp3) is 0.250. The number of amides is 1. The number of aliphatic hydroxyl groups is 1. The third kappa shape index (κ3) is 6.52. The minimum absolute atomic E-state index is 0.00108. The van der Waals surface area contributed by atoms with Gasteiger partial charge in [0.1, 0.15) is 11.8 Å². The van der Waals surface area contributed by atoms with Crippen LogP contribution in [0.3, 0.4) is 0 Å². The molecule has 0 aliphatic carbocycles. The smallest absolute Gasteiger partial charge is 0.387 e. The van der Waals surface area contributed by atoms with Crippen LogP contribution < -0.4 is 0 Å². The van der Waals surface area contributed by atoms with Gasteiger partial charge in [0.05, 0.1) is 11.1 Å². The summed E-state index contributed by atoms with van der Waals surface area (Å²) in [6.07, 6.45) is -8.64. The number of halogens is 7. The van der Waals surface area contributed by atoms with Crippen molar-refractivity contribution in [1.82, 2.24) is 9.88 Å². The van der Waals surface area contributed by atoms with Gasteiger partial charge in [0, 0.05) is 24.8 Å². The van der Waals surface area contributed by atoms with Crippen molar-refractivity contribution in [3.8, 4) is 11.1 Å². The molecule has 0 aliphatic rings. The highest BCUT2D eigenvalue weighted by molar-refractivity contribution is 6.30. The van der Waals surface area contributed by atoms with Gasteiger partial charge in [-0.3, -0.25) is 4.79 Å². The summed E-state index contributed by atoms with van der Waals surface area (Å²) in [5.74, 6) is -0.911. The van der Waals surface area contributed by atoms with E-state index < -0.39 is 48.1 Å². The normalized spacial score (nSPS) is 12.0. The first-order chi connectivity index (χ1) is 16.3. The number of hydrogen-bond donors (Lipinski definition) is 1. The number of pyridine rings is 1. The van der Waals surface area contributed by atoms with E-state index in [-0.39, 0.29) is 17.8 Å². The van der Waals surface area contributed by atoms with E-state index >= 15 is 0 Å². The first-order valence-electron chi connectivity index (χ1n) is 10.2. The van der Waals surface area contributed by atoms with Crippen LogP contribution in [-0.4, -0.2) is 27.5 Å². The Kier molecular flexibility index (Phi) is 7.76. The van der Waals surface area contributed by atoms with Crippen LogP contribution >= 0.6 is 11.6 Å². The number of carbonyl (C=O) groups excluding carboxylic acids is 1. The van der Waals surface area contributed by atoms with Crippen LogP contribution in [0.2, 0.25) is 5.15 Å². The van der Waals surface area contributed by atoms with Gasteiger partial charge in [-0.1, -0.05) is 41.4 Å². The topological polar surface area (TPSA) is 53.4 Å². The van der Waals surface area contributed by atoms with Gasteiger partial charge in [0.25, 0.3) is 0 Å². The molecule has 11 heteroatoms. The van der Waals surface area contributed by atoms with Gasteiger partial charge >= 0.3 is 12.4 Å². The monoisotopic (exact) mass is 516 g/mol. The number of nitrogens with zero attached hydrogens (tertiary/aromatic N) is 2. The molecule has 1 N–H and O–H groups in total. The number of aromatic nitrogens is 1. The molecule has 2 aromatic carbocycles. The van der Waals surface area contributed by atoms with Crippen LogP contribution in [0, 0.1) is 6.92 Å². The first-order valence-corrected chi connectivity index (χ1v) is 10.5. The molecule has 0 spiro atoms. The molecular weight excluding hydrogens is 498 g/mol. The average Bonchev–Trinajstić information content (AvgIpc) is 2.78. The molecule has 4 nitrogen and oxygen atoms in total. The number of hydrogen-bond acceptors (Lipinski definition) is 3. The fourth-order valence-corrected chi connectivity index (χ4v) is 3.69. The van der Waals surface area contributed by atoms with Gasteiger partial charge in [-0.05, 0) is 47.9 Å². The van der Waals surface area contributed by atoms with Gasteiger partial charge in [-0.25, -0.2) is 4.98 Å². The molecular formula is C24H19ClF6N2O2. The fourth-order valence-electron chi connectivity index (χ4n) is 3.47. The Bertz CT molecular complexity index is 1180. The van der Waals surface area contributed by atoms with Crippen LogP contribution in [0.4, 0.5) is 26.3 Å². The Morgan fingerprint density at radius 1 is 0.943 bits per heavy atom. The van der Waals surface area contributed by atoms with Crippen LogP contribution in [0.1, 0.15) is 27.8 Å². The van der Waals surface area contributed by atoms with Crippen LogP contribution in [0.15, 0.2) is 54.7 Å². The number of carbonyl (C=O) groups is 1. The molecule has 0 unspecified atom stereocenters. The van der Waals surface area contributed by atoms with Crippen molar-refractivity contribution in [2.75, 3.05) is 6.61 Å². The number of benzene rings is 2. The summed E-state index contributed by atoms with van der Waals surface area (Å²) in [5, 5.41) is 9.41. The van der Waals surface area contributed by atoms with Crippen LogP contribution in [0.5, 0.6) is 0 Å². The highest BCUT2D eigenvalue weighted by Gasteiger charge is 2.37. The molecule has 0 saturated carbocycles. The maximum absolute atomic E-state index is 13.3. The molecule has 0 aliphatic heterocycles. The summed E-state index contributed by atoms with van der Waals surface area (Å²) in [4.78, 5) is 17.4. The van der Waals surface area contributed by atoms with Gasteiger partial charge in [-0.2, -0.15) is 26.3 Å². The predicted octanol–water partition coefficient (Wildman–Crippen LogP) is 6.27. The van der Waals surface area contributed by atoms with Gasteiger partial charge in [-0.15, -0.1) is 0 Å². The molecule has 3 aromatic rings. The zero-order valence-corrected chi connectivity index (χ0v) is 19.0. The molecule has 35 heavy (non-hydrogen) atoms. The van der Waals surface area contributed by atoms with Crippen LogP contribution in [0.25, 0.3) is 11.1 Å². The van der Waals surface area contributed by atoms with Crippen molar-refractivity contribution < 1.29 is 36.2 Å². The highest BCUT2D eigenvalue weighted by atomic mass is 35.5. The second kappa shape index (κ2) is 10.2. The quantitative estimate of drug-likeness (QED) is 0.310. The van der Waals surface area contributed by atoms with Crippen molar-refractivity contribution in [3.05, 3.63) is 87.7 Å². The van der Waals surface area contributed by atoms with Crippen LogP contribution in [-0.2, 0) is 30.2 Å². The molecule has 0 radical (unpaired) electrons. The Hall–Kier alpha value is -3.11. The van der Waals surface area contributed by atoms with E-state index in [0.717, 1.165) is 10.5 Å². The molecule has 0 fully saturated rings.